The van der Waals surface area contributed by atoms with Gasteiger partial charge in [-0.1, -0.05) is 6.92 Å². The van der Waals surface area contributed by atoms with Gasteiger partial charge in [-0.05, 0) is 31.2 Å². The Bertz CT molecular complexity index is 580. The van der Waals surface area contributed by atoms with Crippen molar-refractivity contribution in [3.05, 3.63) is 16.0 Å². The van der Waals surface area contributed by atoms with Gasteiger partial charge in [-0.3, -0.25) is 4.79 Å². The summed E-state index contributed by atoms with van der Waals surface area (Å²) in [6.07, 6.45) is 1.62. The first kappa shape index (κ1) is 14.5. The first-order valence-corrected chi connectivity index (χ1v) is 8.13. The molecule has 1 aromatic rings. The first-order chi connectivity index (χ1) is 10.1. The molecule has 5 nitrogen and oxygen atoms in total. The number of thiophene rings is 1. The quantitative estimate of drug-likeness (QED) is 0.868. The van der Waals surface area contributed by atoms with E-state index in [2.05, 4.69) is 12.2 Å². The highest BCUT2D eigenvalue weighted by Crippen LogP contribution is 2.41. The van der Waals surface area contributed by atoms with Crippen molar-refractivity contribution >= 4 is 28.2 Å². The second kappa shape index (κ2) is 5.77. The van der Waals surface area contributed by atoms with Gasteiger partial charge in [0.1, 0.15) is 5.00 Å². The van der Waals surface area contributed by atoms with Gasteiger partial charge in [-0.25, -0.2) is 4.79 Å². The lowest BCUT2D eigenvalue weighted by atomic mass is 10.1. The molecule has 1 aliphatic carbocycles. The van der Waals surface area contributed by atoms with E-state index in [0.29, 0.717) is 42.7 Å². The predicted molar refractivity (Wildman–Crippen MR) is 79.5 cm³/mol. The van der Waals surface area contributed by atoms with Crippen molar-refractivity contribution in [2.45, 2.75) is 33.3 Å². The van der Waals surface area contributed by atoms with Crippen molar-refractivity contribution in [3.8, 4) is 0 Å². The fraction of sp³-hybridized carbons (Fsp3) is 0.600. The Morgan fingerprint density at radius 3 is 2.90 bits per heavy atom. The molecule has 21 heavy (non-hydrogen) atoms. The third-order valence-electron chi connectivity index (χ3n) is 3.98. The minimum absolute atomic E-state index is 0.00700. The Hall–Kier alpha value is -1.40. The van der Waals surface area contributed by atoms with Gasteiger partial charge in [0.2, 0.25) is 5.91 Å². The van der Waals surface area contributed by atoms with Crippen LogP contribution >= 0.6 is 11.3 Å². The molecule has 0 aromatic carbocycles. The molecule has 0 spiro atoms. The summed E-state index contributed by atoms with van der Waals surface area (Å²) < 4.78 is 10.6. The molecule has 0 saturated heterocycles. The Balaban J connectivity index is 1.89. The number of hydrogen-bond acceptors (Lipinski definition) is 5. The van der Waals surface area contributed by atoms with Crippen LogP contribution in [0.3, 0.4) is 0 Å². The van der Waals surface area contributed by atoms with E-state index < -0.39 is 0 Å². The number of amides is 1. The lowest BCUT2D eigenvalue weighted by Gasteiger charge is -2.13. The van der Waals surface area contributed by atoms with Crippen LogP contribution < -0.4 is 5.32 Å². The highest BCUT2D eigenvalue weighted by Gasteiger charge is 2.40. The van der Waals surface area contributed by atoms with Crippen LogP contribution in [0, 0.1) is 11.8 Å². The van der Waals surface area contributed by atoms with E-state index in [-0.39, 0.29) is 17.8 Å². The molecule has 1 N–H and O–H groups in total. The number of esters is 1. The summed E-state index contributed by atoms with van der Waals surface area (Å²) in [5.74, 6) is 0.174. The zero-order valence-corrected chi connectivity index (χ0v) is 13.0. The molecule has 2 aliphatic rings. The zero-order valence-electron chi connectivity index (χ0n) is 12.2. The lowest BCUT2D eigenvalue weighted by molar-refractivity contribution is -0.117. The number of ether oxygens (including phenoxy) is 2. The molecular weight excluding hydrogens is 290 g/mol. The maximum Gasteiger partial charge on any atom is 0.341 e. The van der Waals surface area contributed by atoms with Gasteiger partial charge in [0.05, 0.1) is 25.4 Å². The van der Waals surface area contributed by atoms with Crippen LogP contribution in [0.15, 0.2) is 0 Å². The number of anilines is 1. The van der Waals surface area contributed by atoms with Crippen LogP contribution in [-0.4, -0.2) is 25.1 Å². The van der Waals surface area contributed by atoms with Gasteiger partial charge in [0.25, 0.3) is 0 Å². The molecule has 6 heteroatoms. The summed E-state index contributed by atoms with van der Waals surface area (Å²) in [5, 5.41) is 3.54. The molecule has 114 valence electrons. The summed E-state index contributed by atoms with van der Waals surface area (Å²) in [7, 11) is 0. The van der Waals surface area contributed by atoms with Crippen molar-refractivity contribution in [3.63, 3.8) is 0 Å². The van der Waals surface area contributed by atoms with Crippen LogP contribution in [0.1, 0.15) is 41.1 Å². The molecule has 0 radical (unpaired) electrons. The van der Waals surface area contributed by atoms with Crippen molar-refractivity contribution in [2.75, 3.05) is 18.5 Å². The second-order valence-corrected chi connectivity index (χ2v) is 6.64. The summed E-state index contributed by atoms with van der Waals surface area (Å²) in [4.78, 5) is 25.4. The predicted octanol–water partition coefficient (Wildman–Crippen LogP) is 2.59. The normalized spacial score (nSPS) is 23.3. The third kappa shape index (κ3) is 2.82. The summed E-state index contributed by atoms with van der Waals surface area (Å²) in [6, 6.07) is 0. The average molecular weight is 309 g/mol. The molecule has 2 heterocycles. The highest BCUT2D eigenvalue weighted by molar-refractivity contribution is 7.17. The highest BCUT2D eigenvalue weighted by atomic mass is 32.1. The van der Waals surface area contributed by atoms with E-state index in [1.165, 1.54) is 11.3 Å². The number of nitrogens with one attached hydrogen (secondary N) is 1. The maximum absolute atomic E-state index is 12.2. The number of carbonyl (C=O) groups is 2. The van der Waals surface area contributed by atoms with Crippen LogP contribution in [0.25, 0.3) is 0 Å². The van der Waals surface area contributed by atoms with Crippen molar-refractivity contribution in [1.29, 1.82) is 0 Å². The molecule has 1 aromatic heterocycles. The average Bonchev–Trinajstić information content (AvgIpc) is 3.08. The Kier molecular flexibility index (Phi) is 3.99. The zero-order chi connectivity index (χ0) is 15.0. The van der Waals surface area contributed by atoms with Gasteiger partial charge < -0.3 is 14.8 Å². The van der Waals surface area contributed by atoms with Crippen molar-refractivity contribution < 1.29 is 19.1 Å². The molecule has 1 aliphatic heterocycles. The molecule has 1 saturated carbocycles. The van der Waals surface area contributed by atoms with Crippen LogP contribution in [0.4, 0.5) is 5.00 Å². The first-order valence-electron chi connectivity index (χ1n) is 7.32. The van der Waals surface area contributed by atoms with Crippen LogP contribution in [0.5, 0.6) is 0 Å². The number of carbonyl (C=O) groups excluding carboxylic acids is 2. The van der Waals surface area contributed by atoms with E-state index in [1.54, 1.807) is 6.92 Å². The molecule has 2 unspecified atom stereocenters. The topological polar surface area (TPSA) is 64.6 Å². The number of hydrogen-bond donors (Lipinski definition) is 1. The van der Waals surface area contributed by atoms with Gasteiger partial charge in [-0.2, -0.15) is 0 Å². The van der Waals surface area contributed by atoms with Gasteiger partial charge in [0.15, 0.2) is 0 Å². The van der Waals surface area contributed by atoms with Gasteiger partial charge in [-0.15, -0.1) is 11.3 Å². The van der Waals surface area contributed by atoms with E-state index >= 15 is 0 Å². The summed E-state index contributed by atoms with van der Waals surface area (Å²) >= 11 is 1.43. The fourth-order valence-corrected chi connectivity index (χ4v) is 3.81. The molecule has 1 amide bonds. The molecule has 0 bridgehead atoms. The smallest absolute Gasteiger partial charge is 0.341 e. The fourth-order valence-electron chi connectivity index (χ4n) is 2.63. The van der Waals surface area contributed by atoms with Crippen molar-refractivity contribution in [1.82, 2.24) is 0 Å². The molecule has 3 rings (SSSR count). The van der Waals surface area contributed by atoms with Crippen LogP contribution in [-0.2, 0) is 27.3 Å². The minimum Gasteiger partial charge on any atom is -0.462 e. The largest absolute Gasteiger partial charge is 0.462 e. The van der Waals surface area contributed by atoms with E-state index in [0.717, 1.165) is 16.9 Å². The maximum atomic E-state index is 12.2. The van der Waals surface area contributed by atoms with E-state index in [1.807, 2.05) is 0 Å². The SMILES string of the molecule is CCOC(=O)c1c(NC(=O)C2CC2C)sc2c1CCOC2. The summed E-state index contributed by atoms with van der Waals surface area (Å²) in [6.45, 7) is 5.27. The second-order valence-electron chi connectivity index (χ2n) is 5.54. The van der Waals surface area contributed by atoms with Crippen LogP contribution in [0.2, 0.25) is 0 Å². The molecule has 1 fully saturated rings. The number of fused-ring (bicyclic) bond motifs is 1. The number of rotatable bonds is 4. The molecule has 2 atom stereocenters. The van der Waals surface area contributed by atoms with E-state index in [9.17, 15) is 9.59 Å². The van der Waals surface area contributed by atoms with Gasteiger partial charge >= 0.3 is 5.97 Å². The third-order valence-corrected chi connectivity index (χ3v) is 5.10. The Morgan fingerprint density at radius 1 is 1.48 bits per heavy atom. The lowest BCUT2D eigenvalue weighted by Crippen LogP contribution is -2.18. The molecular formula is C15H19NO4S. The van der Waals surface area contributed by atoms with Gasteiger partial charge in [0, 0.05) is 10.8 Å². The van der Waals surface area contributed by atoms with Crippen molar-refractivity contribution in [2.24, 2.45) is 11.8 Å². The standard InChI is InChI=1S/C15H19NO4S/c1-3-20-15(18)12-9-4-5-19-7-11(9)21-14(12)16-13(17)10-6-8(10)2/h8,10H,3-7H2,1-2H3,(H,16,17). The monoisotopic (exact) mass is 309 g/mol. The minimum atomic E-state index is -0.351. The Morgan fingerprint density at radius 2 is 2.24 bits per heavy atom. The van der Waals surface area contributed by atoms with E-state index in [4.69, 9.17) is 9.47 Å². The summed E-state index contributed by atoms with van der Waals surface area (Å²) in [5.41, 5.74) is 1.51. The Labute approximate surface area is 127 Å².